The number of benzene rings is 1. The minimum Gasteiger partial charge on any atom is -0.507 e. The zero-order valence-electron chi connectivity index (χ0n) is 13.6. The number of carbonyl (C=O) groups excluding carboxylic acids is 1. The van der Waals surface area contributed by atoms with Gasteiger partial charge in [-0.3, -0.25) is 4.79 Å². The Labute approximate surface area is 136 Å². The highest BCUT2D eigenvalue weighted by Crippen LogP contribution is 2.25. The van der Waals surface area contributed by atoms with E-state index in [1.165, 1.54) is 32.0 Å². The molecule has 2 N–H and O–H groups in total. The van der Waals surface area contributed by atoms with Crippen molar-refractivity contribution in [3.8, 4) is 5.75 Å². The molecule has 1 heterocycles. The number of halogens is 1. The SMILES string of the molecule is CCOC(=O)C(CC(C)(C)F)n1c(=O)[nH]c2cccc(O)c2c1=O. The van der Waals surface area contributed by atoms with Crippen LogP contribution < -0.4 is 11.2 Å². The van der Waals surface area contributed by atoms with Crippen molar-refractivity contribution in [2.45, 2.75) is 38.9 Å². The van der Waals surface area contributed by atoms with E-state index in [1.54, 1.807) is 6.92 Å². The van der Waals surface area contributed by atoms with Gasteiger partial charge in [0.1, 0.15) is 22.8 Å². The Hall–Kier alpha value is -2.64. The van der Waals surface area contributed by atoms with Crippen LogP contribution in [0.25, 0.3) is 10.9 Å². The van der Waals surface area contributed by atoms with Gasteiger partial charge in [-0.2, -0.15) is 0 Å². The molecule has 0 saturated carbocycles. The van der Waals surface area contributed by atoms with Crippen LogP contribution in [0.15, 0.2) is 27.8 Å². The van der Waals surface area contributed by atoms with Gasteiger partial charge in [-0.25, -0.2) is 18.5 Å². The first-order chi connectivity index (χ1) is 11.2. The van der Waals surface area contributed by atoms with Gasteiger partial charge in [0.25, 0.3) is 5.56 Å². The normalized spacial score (nSPS) is 13.0. The molecule has 1 aromatic heterocycles. The number of hydrogen-bond donors (Lipinski definition) is 2. The first-order valence-corrected chi connectivity index (χ1v) is 7.47. The number of nitrogens with zero attached hydrogens (tertiary/aromatic N) is 1. The highest BCUT2D eigenvalue weighted by atomic mass is 19.1. The van der Waals surface area contributed by atoms with Crippen molar-refractivity contribution in [3.05, 3.63) is 39.0 Å². The maximum Gasteiger partial charge on any atom is 0.329 e. The van der Waals surface area contributed by atoms with Crippen LogP contribution in [0.5, 0.6) is 5.75 Å². The summed E-state index contributed by atoms with van der Waals surface area (Å²) in [5, 5.41) is 9.75. The fourth-order valence-corrected chi connectivity index (χ4v) is 2.52. The number of phenolic OH excluding ortho intramolecular Hbond substituents is 1. The average Bonchev–Trinajstić information content (AvgIpc) is 2.44. The third-order valence-electron chi connectivity index (χ3n) is 3.48. The number of alkyl halides is 1. The van der Waals surface area contributed by atoms with Crippen molar-refractivity contribution < 1.29 is 19.0 Å². The van der Waals surface area contributed by atoms with E-state index in [2.05, 4.69) is 4.98 Å². The van der Waals surface area contributed by atoms with E-state index in [0.29, 0.717) is 4.57 Å². The number of hydrogen-bond acceptors (Lipinski definition) is 5. The monoisotopic (exact) mass is 338 g/mol. The molecule has 0 fully saturated rings. The molecular weight excluding hydrogens is 319 g/mol. The maximum atomic E-state index is 14.1. The van der Waals surface area contributed by atoms with Crippen LogP contribution in [0.2, 0.25) is 0 Å². The predicted octanol–water partition coefficient (Wildman–Crippen LogP) is 1.64. The van der Waals surface area contributed by atoms with Gasteiger partial charge in [-0.15, -0.1) is 0 Å². The fraction of sp³-hybridized carbons (Fsp3) is 0.438. The Morgan fingerprint density at radius 2 is 2.08 bits per heavy atom. The van der Waals surface area contributed by atoms with Crippen LogP contribution >= 0.6 is 0 Å². The van der Waals surface area contributed by atoms with Gasteiger partial charge in [0.05, 0.1) is 12.1 Å². The van der Waals surface area contributed by atoms with Crippen molar-refractivity contribution in [2.75, 3.05) is 6.61 Å². The van der Waals surface area contributed by atoms with Crippen LogP contribution in [0, 0.1) is 0 Å². The minimum absolute atomic E-state index is 0.0214. The summed E-state index contributed by atoms with van der Waals surface area (Å²) in [5.74, 6) is -1.23. The summed E-state index contributed by atoms with van der Waals surface area (Å²) in [4.78, 5) is 39.6. The molecule has 2 aromatic rings. The zero-order valence-corrected chi connectivity index (χ0v) is 13.6. The number of aromatic amines is 1. The molecule has 2 rings (SSSR count). The number of carbonyl (C=O) groups is 1. The van der Waals surface area contributed by atoms with E-state index < -0.39 is 35.3 Å². The zero-order chi connectivity index (χ0) is 18.1. The lowest BCUT2D eigenvalue weighted by Crippen LogP contribution is -2.43. The molecule has 0 spiro atoms. The fourth-order valence-electron chi connectivity index (χ4n) is 2.52. The summed E-state index contributed by atoms with van der Waals surface area (Å²) in [5.41, 5.74) is -3.45. The molecule has 0 radical (unpaired) electrons. The summed E-state index contributed by atoms with van der Waals surface area (Å²) >= 11 is 0. The summed E-state index contributed by atoms with van der Waals surface area (Å²) in [6, 6.07) is 2.75. The third kappa shape index (κ3) is 3.47. The second-order valence-electron chi connectivity index (χ2n) is 6.00. The number of ether oxygens (including phenoxy) is 1. The molecule has 7 nitrogen and oxygen atoms in total. The molecule has 0 aliphatic heterocycles. The van der Waals surface area contributed by atoms with E-state index in [0.717, 1.165) is 0 Å². The molecule has 0 aliphatic carbocycles. The van der Waals surface area contributed by atoms with Gasteiger partial charge in [0.15, 0.2) is 0 Å². The van der Waals surface area contributed by atoms with E-state index in [9.17, 15) is 23.9 Å². The molecular formula is C16H19FN2O5. The molecule has 0 saturated heterocycles. The number of esters is 1. The van der Waals surface area contributed by atoms with Crippen LogP contribution in [0.4, 0.5) is 4.39 Å². The molecule has 1 aromatic carbocycles. The highest BCUT2D eigenvalue weighted by molar-refractivity contribution is 5.84. The highest BCUT2D eigenvalue weighted by Gasteiger charge is 2.33. The minimum atomic E-state index is -1.82. The van der Waals surface area contributed by atoms with Gasteiger partial charge in [0, 0.05) is 6.42 Å². The predicted molar refractivity (Wildman–Crippen MR) is 86.0 cm³/mol. The van der Waals surface area contributed by atoms with Crippen LogP contribution in [-0.4, -0.2) is 32.9 Å². The number of nitrogens with one attached hydrogen (secondary N) is 1. The molecule has 0 bridgehead atoms. The van der Waals surface area contributed by atoms with Crippen LogP contribution in [0.3, 0.4) is 0 Å². The Kier molecular flexibility index (Phi) is 4.77. The van der Waals surface area contributed by atoms with E-state index >= 15 is 0 Å². The molecule has 1 unspecified atom stereocenters. The first-order valence-electron chi connectivity index (χ1n) is 7.47. The molecule has 24 heavy (non-hydrogen) atoms. The summed E-state index contributed by atoms with van der Waals surface area (Å²) in [6.07, 6.45) is -0.423. The molecule has 0 amide bonds. The third-order valence-corrected chi connectivity index (χ3v) is 3.48. The lowest BCUT2D eigenvalue weighted by molar-refractivity contribution is -0.148. The molecule has 1 atom stereocenters. The average molecular weight is 338 g/mol. The number of aromatic nitrogens is 2. The Bertz CT molecular complexity index is 879. The van der Waals surface area contributed by atoms with Crippen molar-refractivity contribution >= 4 is 16.9 Å². The largest absolute Gasteiger partial charge is 0.507 e. The lowest BCUT2D eigenvalue weighted by atomic mass is 10.0. The smallest absolute Gasteiger partial charge is 0.329 e. The summed E-state index contributed by atoms with van der Waals surface area (Å²) < 4.78 is 19.6. The summed E-state index contributed by atoms with van der Waals surface area (Å²) in [6.45, 7) is 4.05. The van der Waals surface area contributed by atoms with E-state index in [1.807, 2.05) is 0 Å². The van der Waals surface area contributed by atoms with Crippen LogP contribution in [0.1, 0.15) is 33.2 Å². The van der Waals surface area contributed by atoms with Crippen molar-refractivity contribution in [3.63, 3.8) is 0 Å². The maximum absolute atomic E-state index is 14.1. The Balaban J connectivity index is 2.74. The van der Waals surface area contributed by atoms with Gasteiger partial charge in [-0.1, -0.05) is 6.07 Å². The standard InChI is InChI=1S/C16H19FN2O5/c1-4-24-14(22)10(8-16(2,3)17)19-13(21)12-9(18-15(19)23)6-5-7-11(12)20/h5-7,10,20H,4,8H2,1-3H3,(H,18,23). The number of rotatable bonds is 5. The van der Waals surface area contributed by atoms with Crippen molar-refractivity contribution in [1.29, 1.82) is 0 Å². The van der Waals surface area contributed by atoms with Crippen molar-refractivity contribution in [2.24, 2.45) is 0 Å². The quantitative estimate of drug-likeness (QED) is 0.807. The van der Waals surface area contributed by atoms with Crippen LogP contribution in [-0.2, 0) is 9.53 Å². The number of H-pyrrole nitrogens is 1. The second-order valence-corrected chi connectivity index (χ2v) is 6.00. The topological polar surface area (TPSA) is 101 Å². The van der Waals surface area contributed by atoms with Gasteiger partial charge in [-0.05, 0) is 32.9 Å². The van der Waals surface area contributed by atoms with Gasteiger partial charge in [0.2, 0.25) is 0 Å². The van der Waals surface area contributed by atoms with Gasteiger partial charge >= 0.3 is 11.7 Å². The van der Waals surface area contributed by atoms with E-state index in [4.69, 9.17) is 4.74 Å². The Morgan fingerprint density at radius 1 is 1.42 bits per heavy atom. The number of aromatic hydroxyl groups is 1. The Morgan fingerprint density at radius 3 is 2.67 bits per heavy atom. The molecule has 8 heteroatoms. The van der Waals surface area contributed by atoms with Gasteiger partial charge < -0.3 is 14.8 Å². The number of fused-ring (bicyclic) bond motifs is 1. The van der Waals surface area contributed by atoms with Crippen molar-refractivity contribution in [1.82, 2.24) is 9.55 Å². The second kappa shape index (κ2) is 6.46. The summed E-state index contributed by atoms with van der Waals surface area (Å²) in [7, 11) is 0. The molecule has 0 aliphatic rings. The lowest BCUT2D eigenvalue weighted by Gasteiger charge is -2.23. The van der Waals surface area contributed by atoms with E-state index in [-0.39, 0.29) is 23.3 Å². The molecule has 130 valence electrons. The number of phenols is 1. The first kappa shape index (κ1) is 17.7.